The van der Waals surface area contributed by atoms with E-state index in [4.69, 9.17) is 0 Å². The summed E-state index contributed by atoms with van der Waals surface area (Å²) in [6, 6.07) is 10.9. The summed E-state index contributed by atoms with van der Waals surface area (Å²) < 4.78 is 13.6. The van der Waals surface area contributed by atoms with Gasteiger partial charge in [-0.3, -0.25) is 9.78 Å². The van der Waals surface area contributed by atoms with E-state index in [0.717, 1.165) is 49.5 Å². The molecule has 0 radical (unpaired) electrons. The number of imidazole rings is 1. The molecule has 1 aliphatic rings. The van der Waals surface area contributed by atoms with E-state index >= 15 is 0 Å². The van der Waals surface area contributed by atoms with E-state index in [0.29, 0.717) is 6.54 Å². The highest BCUT2D eigenvalue weighted by Crippen LogP contribution is 2.16. The number of fused-ring (bicyclic) bond motifs is 1. The number of H-pyrrole nitrogens is 1. The number of pyridine rings is 1. The van der Waals surface area contributed by atoms with Gasteiger partial charge in [-0.05, 0) is 37.2 Å². The third-order valence-corrected chi connectivity index (χ3v) is 5.24. The quantitative estimate of drug-likeness (QED) is 0.506. The van der Waals surface area contributed by atoms with Crippen molar-refractivity contribution in [3.05, 3.63) is 59.9 Å². The van der Waals surface area contributed by atoms with E-state index in [2.05, 4.69) is 30.5 Å². The first-order valence-corrected chi connectivity index (χ1v) is 9.93. The van der Waals surface area contributed by atoms with E-state index in [1.54, 1.807) is 0 Å². The predicted molar refractivity (Wildman–Crippen MR) is 108 cm³/mol. The molecule has 3 N–H and O–H groups in total. The maximum atomic E-state index is 13.6. The maximum Gasteiger partial charge on any atom is 0.224 e. The van der Waals surface area contributed by atoms with Crippen molar-refractivity contribution < 1.29 is 9.18 Å². The Morgan fingerprint density at radius 2 is 2.14 bits per heavy atom. The van der Waals surface area contributed by atoms with Crippen LogP contribution in [0.15, 0.2) is 42.6 Å². The fourth-order valence-electron chi connectivity index (χ4n) is 3.65. The van der Waals surface area contributed by atoms with Gasteiger partial charge in [0.05, 0.1) is 35.7 Å². The molecule has 152 valence electrons. The number of likely N-dealkylation sites (tertiary alicyclic amines) is 1. The number of para-hydroxylation sites is 2. The lowest BCUT2D eigenvalue weighted by molar-refractivity contribution is -0.124. The first-order valence-electron chi connectivity index (χ1n) is 9.93. The molecule has 1 aliphatic heterocycles. The van der Waals surface area contributed by atoms with E-state index < -0.39 is 5.82 Å². The topological polar surface area (TPSA) is 85.9 Å². The van der Waals surface area contributed by atoms with Crippen LogP contribution in [-0.4, -0.2) is 51.9 Å². The van der Waals surface area contributed by atoms with Crippen LogP contribution in [0.3, 0.4) is 0 Å². The summed E-state index contributed by atoms with van der Waals surface area (Å²) in [6.45, 7) is 4.12. The van der Waals surface area contributed by atoms with Crippen LogP contribution in [0.25, 0.3) is 11.0 Å². The fraction of sp³-hybridized carbons (Fsp3) is 0.381. The molecule has 1 atom stereocenters. The summed E-state index contributed by atoms with van der Waals surface area (Å²) in [5, 5.41) is 6.21. The summed E-state index contributed by atoms with van der Waals surface area (Å²) in [5.74, 6) is 0.438. The molecule has 1 amide bonds. The molecular weight excluding hydrogens is 371 g/mol. The minimum Gasteiger partial charge on any atom is -0.350 e. The molecule has 1 aromatic carbocycles. The van der Waals surface area contributed by atoms with Gasteiger partial charge in [0.15, 0.2) is 0 Å². The van der Waals surface area contributed by atoms with Gasteiger partial charge >= 0.3 is 0 Å². The zero-order chi connectivity index (χ0) is 20.1. The van der Waals surface area contributed by atoms with Crippen molar-refractivity contribution in [3.8, 4) is 0 Å². The predicted octanol–water partition coefficient (Wildman–Crippen LogP) is 1.82. The minimum absolute atomic E-state index is 0.0345. The number of amides is 1. The number of benzene rings is 1. The maximum absolute atomic E-state index is 13.6. The number of aromatic amines is 1. The lowest BCUT2D eigenvalue weighted by Gasteiger charge is -2.16. The number of carbonyl (C=O) groups is 1. The lowest BCUT2D eigenvalue weighted by atomic mass is 10.1. The van der Waals surface area contributed by atoms with E-state index in [1.165, 1.54) is 18.3 Å². The van der Waals surface area contributed by atoms with Crippen molar-refractivity contribution >= 4 is 16.9 Å². The Bertz CT molecular complexity index is 941. The van der Waals surface area contributed by atoms with Crippen molar-refractivity contribution in [2.45, 2.75) is 19.5 Å². The van der Waals surface area contributed by atoms with Crippen molar-refractivity contribution in [2.75, 3.05) is 26.2 Å². The lowest BCUT2D eigenvalue weighted by Crippen LogP contribution is -2.34. The summed E-state index contributed by atoms with van der Waals surface area (Å²) in [7, 11) is 0. The number of rotatable bonds is 8. The number of hydrogen-bond donors (Lipinski definition) is 3. The Kier molecular flexibility index (Phi) is 6.12. The van der Waals surface area contributed by atoms with Gasteiger partial charge in [0.25, 0.3) is 0 Å². The Morgan fingerprint density at radius 3 is 3.00 bits per heavy atom. The van der Waals surface area contributed by atoms with Gasteiger partial charge in [0.1, 0.15) is 11.6 Å². The van der Waals surface area contributed by atoms with Crippen LogP contribution in [0.1, 0.15) is 17.9 Å². The minimum atomic E-state index is -0.392. The molecular formula is C21H25FN6O. The van der Waals surface area contributed by atoms with Crippen molar-refractivity contribution in [3.63, 3.8) is 0 Å². The molecule has 29 heavy (non-hydrogen) atoms. The van der Waals surface area contributed by atoms with Crippen molar-refractivity contribution in [1.82, 2.24) is 30.5 Å². The first-order chi connectivity index (χ1) is 14.2. The van der Waals surface area contributed by atoms with Gasteiger partial charge in [-0.2, -0.15) is 0 Å². The van der Waals surface area contributed by atoms with Gasteiger partial charge in [-0.1, -0.05) is 12.1 Å². The number of nitrogens with one attached hydrogen (secondary N) is 3. The van der Waals surface area contributed by atoms with Gasteiger partial charge in [0.2, 0.25) is 5.91 Å². The summed E-state index contributed by atoms with van der Waals surface area (Å²) in [6.07, 6.45) is 2.35. The van der Waals surface area contributed by atoms with Gasteiger partial charge < -0.3 is 20.5 Å². The van der Waals surface area contributed by atoms with Crippen molar-refractivity contribution in [2.24, 2.45) is 5.92 Å². The van der Waals surface area contributed by atoms with Crippen LogP contribution in [-0.2, 0) is 17.9 Å². The molecule has 0 saturated carbocycles. The van der Waals surface area contributed by atoms with Crippen LogP contribution < -0.4 is 10.6 Å². The Morgan fingerprint density at radius 1 is 1.24 bits per heavy atom. The number of carbonyl (C=O) groups excluding carboxylic acids is 1. The van der Waals surface area contributed by atoms with Crippen LogP contribution in [0.4, 0.5) is 4.39 Å². The molecule has 3 aromatic rings. The average Bonchev–Trinajstić information content (AvgIpc) is 3.37. The number of hydrogen-bond acceptors (Lipinski definition) is 5. The molecule has 0 aliphatic carbocycles. The standard InChI is InChI=1S/C21H25FN6O/c22-16-4-3-8-24-19(16)12-25-21(29)15-7-10-28(14-15)11-9-23-13-20-26-17-5-1-2-6-18(17)27-20/h1-6,8,15,23H,7,9-14H2,(H,25,29)(H,26,27)/t15-/m0/s1. The van der Waals surface area contributed by atoms with Gasteiger partial charge in [-0.15, -0.1) is 0 Å². The highest BCUT2D eigenvalue weighted by atomic mass is 19.1. The second-order valence-electron chi connectivity index (χ2n) is 7.31. The second kappa shape index (κ2) is 9.11. The molecule has 0 spiro atoms. The summed E-state index contributed by atoms with van der Waals surface area (Å²) in [4.78, 5) is 26.5. The fourth-order valence-corrected chi connectivity index (χ4v) is 3.65. The number of nitrogens with zero attached hydrogens (tertiary/aromatic N) is 3. The molecule has 2 aromatic heterocycles. The Balaban J connectivity index is 1.16. The monoisotopic (exact) mass is 396 g/mol. The van der Waals surface area contributed by atoms with E-state index in [-0.39, 0.29) is 24.1 Å². The van der Waals surface area contributed by atoms with Crippen LogP contribution in [0, 0.1) is 11.7 Å². The van der Waals surface area contributed by atoms with Crippen LogP contribution in [0.5, 0.6) is 0 Å². The second-order valence-corrected chi connectivity index (χ2v) is 7.31. The largest absolute Gasteiger partial charge is 0.350 e. The Hall–Kier alpha value is -2.84. The molecule has 1 fully saturated rings. The van der Waals surface area contributed by atoms with Crippen LogP contribution in [0.2, 0.25) is 0 Å². The van der Waals surface area contributed by atoms with Gasteiger partial charge in [0, 0.05) is 25.8 Å². The molecule has 3 heterocycles. The third kappa shape index (κ3) is 4.96. The zero-order valence-electron chi connectivity index (χ0n) is 16.2. The molecule has 4 rings (SSSR count). The first kappa shape index (κ1) is 19.5. The molecule has 8 heteroatoms. The van der Waals surface area contributed by atoms with E-state index in [1.807, 2.05) is 24.3 Å². The van der Waals surface area contributed by atoms with Crippen LogP contribution >= 0.6 is 0 Å². The zero-order valence-corrected chi connectivity index (χ0v) is 16.2. The van der Waals surface area contributed by atoms with Crippen molar-refractivity contribution in [1.29, 1.82) is 0 Å². The summed E-state index contributed by atoms with van der Waals surface area (Å²) >= 11 is 0. The number of aromatic nitrogens is 3. The average molecular weight is 396 g/mol. The van der Waals surface area contributed by atoms with Gasteiger partial charge in [-0.25, -0.2) is 9.37 Å². The SMILES string of the molecule is O=C(NCc1ncccc1F)[C@H]1CCN(CCNCc2nc3ccccc3[nH]2)C1. The molecule has 1 saturated heterocycles. The smallest absolute Gasteiger partial charge is 0.224 e. The highest BCUT2D eigenvalue weighted by Gasteiger charge is 2.27. The van der Waals surface area contributed by atoms with E-state index in [9.17, 15) is 9.18 Å². The number of halogens is 1. The normalized spacial score (nSPS) is 17.1. The Labute approximate surface area is 168 Å². The highest BCUT2D eigenvalue weighted by molar-refractivity contribution is 5.79. The third-order valence-electron chi connectivity index (χ3n) is 5.24. The summed E-state index contributed by atoms with van der Waals surface area (Å²) in [5.41, 5.74) is 2.29. The molecule has 7 nitrogen and oxygen atoms in total. The molecule has 0 unspecified atom stereocenters. The molecule has 0 bridgehead atoms.